The third kappa shape index (κ3) is 3.54. The maximum atomic E-state index is 13.1. The summed E-state index contributed by atoms with van der Waals surface area (Å²) < 4.78 is 18.7. The summed E-state index contributed by atoms with van der Waals surface area (Å²) in [6.07, 6.45) is 6.37. The Balaban J connectivity index is 1.86. The molecule has 1 aliphatic carbocycles. The van der Waals surface area contributed by atoms with Gasteiger partial charge in [0.1, 0.15) is 5.82 Å². The highest BCUT2D eigenvalue weighted by Crippen LogP contribution is 2.24. The number of nitriles is 1. The van der Waals surface area contributed by atoms with Crippen molar-refractivity contribution in [2.45, 2.75) is 38.7 Å². The van der Waals surface area contributed by atoms with E-state index in [9.17, 15) is 4.39 Å². The average molecular weight is 247 g/mol. The lowest BCUT2D eigenvalue weighted by atomic mass is 9.90. The number of benzene rings is 1. The summed E-state index contributed by atoms with van der Waals surface area (Å²) >= 11 is 0. The SMILES string of the molecule is N#Cc1ccc(F)cc1COCC1CCCCC1. The minimum atomic E-state index is -0.315. The Morgan fingerprint density at radius 1 is 1.28 bits per heavy atom. The van der Waals surface area contributed by atoms with Gasteiger partial charge in [0.2, 0.25) is 0 Å². The first-order valence-corrected chi connectivity index (χ1v) is 6.56. The lowest BCUT2D eigenvalue weighted by Gasteiger charge is -2.21. The molecule has 2 nitrogen and oxygen atoms in total. The number of hydrogen-bond acceptors (Lipinski definition) is 2. The minimum absolute atomic E-state index is 0.315. The minimum Gasteiger partial charge on any atom is -0.376 e. The molecule has 0 radical (unpaired) electrons. The van der Waals surface area contributed by atoms with E-state index in [1.54, 1.807) is 0 Å². The number of nitrogens with zero attached hydrogens (tertiary/aromatic N) is 1. The highest BCUT2D eigenvalue weighted by molar-refractivity contribution is 5.37. The topological polar surface area (TPSA) is 33.0 Å². The molecule has 0 amide bonds. The first kappa shape index (κ1) is 13.0. The van der Waals surface area contributed by atoms with Crippen LogP contribution in [-0.2, 0) is 11.3 Å². The van der Waals surface area contributed by atoms with Gasteiger partial charge in [0.15, 0.2) is 0 Å². The van der Waals surface area contributed by atoms with Crippen molar-refractivity contribution < 1.29 is 9.13 Å². The zero-order valence-electron chi connectivity index (χ0n) is 10.5. The van der Waals surface area contributed by atoms with Crippen molar-refractivity contribution in [3.05, 3.63) is 35.1 Å². The highest BCUT2D eigenvalue weighted by Gasteiger charge is 2.13. The lowest BCUT2D eigenvalue weighted by molar-refractivity contribution is 0.0737. The lowest BCUT2D eigenvalue weighted by Crippen LogP contribution is -2.13. The fourth-order valence-corrected chi connectivity index (χ4v) is 2.48. The van der Waals surface area contributed by atoms with Crippen LogP contribution in [0, 0.1) is 23.1 Å². The van der Waals surface area contributed by atoms with Gasteiger partial charge in [-0.05, 0) is 42.5 Å². The van der Waals surface area contributed by atoms with Gasteiger partial charge >= 0.3 is 0 Å². The molecule has 1 fully saturated rings. The van der Waals surface area contributed by atoms with Crippen LogP contribution in [0.3, 0.4) is 0 Å². The van der Waals surface area contributed by atoms with Crippen molar-refractivity contribution in [1.29, 1.82) is 5.26 Å². The van der Waals surface area contributed by atoms with Gasteiger partial charge in [0, 0.05) is 6.61 Å². The molecule has 0 heterocycles. The van der Waals surface area contributed by atoms with Crippen LogP contribution in [-0.4, -0.2) is 6.61 Å². The summed E-state index contributed by atoms with van der Waals surface area (Å²) in [5.74, 6) is 0.322. The van der Waals surface area contributed by atoms with Gasteiger partial charge in [0.25, 0.3) is 0 Å². The van der Waals surface area contributed by atoms with Crippen LogP contribution in [0.1, 0.15) is 43.2 Å². The van der Waals surface area contributed by atoms with Crippen LogP contribution in [0.2, 0.25) is 0 Å². The summed E-state index contributed by atoms with van der Waals surface area (Å²) in [4.78, 5) is 0. The van der Waals surface area contributed by atoms with Crippen molar-refractivity contribution in [2.75, 3.05) is 6.61 Å². The predicted molar refractivity (Wildman–Crippen MR) is 67.3 cm³/mol. The molecule has 1 aromatic rings. The van der Waals surface area contributed by atoms with Crippen LogP contribution in [0.5, 0.6) is 0 Å². The Bertz CT molecular complexity index is 433. The van der Waals surface area contributed by atoms with E-state index in [-0.39, 0.29) is 5.82 Å². The molecule has 0 aromatic heterocycles. The average Bonchev–Trinajstić information content (AvgIpc) is 2.40. The molecule has 0 atom stereocenters. The largest absolute Gasteiger partial charge is 0.376 e. The third-order valence-electron chi connectivity index (χ3n) is 3.52. The van der Waals surface area contributed by atoms with Crippen LogP contribution >= 0.6 is 0 Å². The standard InChI is InChI=1S/C15H18FNO/c16-15-7-6-13(9-17)14(8-15)11-18-10-12-4-2-1-3-5-12/h6-8,12H,1-5,10-11H2. The molecule has 1 saturated carbocycles. The van der Waals surface area contributed by atoms with E-state index < -0.39 is 0 Å². The quantitative estimate of drug-likeness (QED) is 0.810. The van der Waals surface area contributed by atoms with E-state index in [1.165, 1.54) is 50.3 Å². The van der Waals surface area contributed by atoms with Crippen LogP contribution < -0.4 is 0 Å². The summed E-state index contributed by atoms with van der Waals surface area (Å²) in [5.41, 5.74) is 1.15. The van der Waals surface area contributed by atoms with Crippen molar-refractivity contribution in [1.82, 2.24) is 0 Å². The maximum absolute atomic E-state index is 13.1. The molecule has 2 rings (SSSR count). The van der Waals surface area contributed by atoms with Gasteiger partial charge in [-0.15, -0.1) is 0 Å². The Hall–Kier alpha value is -1.40. The summed E-state index contributed by atoms with van der Waals surface area (Å²) in [6.45, 7) is 1.05. The van der Waals surface area contributed by atoms with Crippen LogP contribution in [0.4, 0.5) is 4.39 Å². The number of halogens is 1. The van der Waals surface area contributed by atoms with Crippen molar-refractivity contribution in [3.8, 4) is 6.07 Å². The molecule has 1 aliphatic rings. The van der Waals surface area contributed by atoms with E-state index in [0.717, 1.165) is 6.61 Å². The normalized spacial score (nSPS) is 16.4. The predicted octanol–water partition coefficient (Wildman–Crippen LogP) is 3.79. The van der Waals surface area contributed by atoms with E-state index >= 15 is 0 Å². The summed E-state index contributed by atoms with van der Waals surface area (Å²) in [6, 6.07) is 6.27. The first-order valence-electron chi connectivity index (χ1n) is 6.56. The molecule has 18 heavy (non-hydrogen) atoms. The number of rotatable bonds is 4. The molecular weight excluding hydrogens is 229 g/mol. The molecule has 0 unspecified atom stereocenters. The molecule has 0 aliphatic heterocycles. The second-order valence-corrected chi connectivity index (χ2v) is 4.93. The molecule has 0 saturated heterocycles. The van der Waals surface area contributed by atoms with Gasteiger partial charge in [-0.3, -0.25) is 0 Å². The maximum Gasteiger partial charge on any atom is 0.123 e. The molecule has 96 valence electrons. The van der Waals surface area contributed by atoms with E-state index in [4.69, 9.17) is 10.00 Å². The van der Waals surface area contributed by atoms with Crippen LogP contribution in [0.25, 0.3) is 0 Å². The monoisotopic (exact) mass is 247 g/mol. The van der Waals surface area contributed by atoms with Gasteiger partial charge in [0.05, 0.1) is 18.2 Å². The Labute approximate surface area is 107 Å². The zero-order valence-corrected chi connectivity index (χ0v) is 10.5. The zero-order chi connectivity index (χ0) is 12.8. The summed E-state index contributed by atoms with van der Waals surface area (Å²) in [5, 5.41) is 8.93. The fraction of sp³-hybridized carbons (Fsp3) is 0.533. The first-order chi connectivity index (χ1) is 8.79. The molecule has 0 bridgehead atoms. The molecule has 0 N–H and O–H groups in total. The van der Waals surface area contributed by atoms with E-state index in [0.29, 0.717) is 23.7 Å². The Morgan fingerprint density at radius 2 is 2.06 bits per heavy atom. The van der Waals surface area contributed by atoms with Gasteiger partial charge in [-0.25, -0.2) is 4.39 Å². The van der Waals surface area contributed by atoms with Crippen molar-refractivity contribution in [3.63, 3.8) is 0 Å². The second-order valence-electron chi connectivity index (χ2n) is 4.93. The van der Waals surface area contributed by atoms with Crippen LogP contribution in [0.15, 0.2) is 18.2 Å². The van der Waals surface area contributed by atoms with Gasteiger partial charge < -0.3 is 4.74 Å². The van der Waals surface area contributed by atoms with E-state index in [2.05, 4.69) is 6.07 Å². The highest BCUT2D eigenvalue weighted by atomic mass is 19.1. The molecular formula is C15H18FNO. The third-order valence-corrected chi connectivity index (χ3v) is 3.52. The molecule has 3 heteroatoms. The molecule has 0 spiro atoms. The van der Waals surface area contributed by atoms with Crippen molar-refractivity contribution in [2.24, 2.45) is 5.92 Å². The second kappa shape index (κ2) is 6.51. The van der Waals surface area contributed by atoms with Crippen molar-refractivity contribution >= 4 is 0 Å². The summed E-state index contributed by atoms with van der Waals surface area (Å²) in [7, 11) is 0. The van der Waals surface area contributed by atoms with Gasteiger partial charge in [-0.1, -0.05) is 19.3 Å². The smallest absolute Gasteiger partial charge is 0.123 e. The number of hydrogen-bond donors (Lipinski definition) is 0. The van der Waals surface area contributed by atoms with E-state index in [1.807, 2.05) is 0 Å². The Morgan fingerprint density at radius 3 is 2.78 bits per heavy atom. The van der Waals surface area contributed by atoms with Gasteiger partial charge in [-0.2, -0.15) is 5.26 Å². The fourth-order valence-electron chi connectivity index (χ4n) is 2.48. The molecule has 1 aromatic carbocycles. The number of ether oxygens (including phenoxy) is 1. The Kier molecular flexibility index (Phi) is 4.72.